The molecular weight excluding hydrogens is 431 g/mol. The topological polar surface area (TPSA) is 46.5 Å². The van der Waals surface area contributed by atoms with Crippen LogP contribution in [0.5, 0.6) is 5.75 Å². The molecular formula is C12H8BrIO3S. The van der Waals surface area contributed by atoms with Crippen LogP contribution in [0.4, 0.5) is 0 Å². The van der Waals surface area contributed by atoms with E-state index in [1.54, 1.807) is 29.5 Å². The lowest BCUT2D eigenvalue weighted by molar-refractivity contribution is 0.0696. The molecule has 1 N–H and O–H groups in total. The molecule has 18 heavy (non-hydrogen) atoms. The fourth-order valence-corrected chi connectivity index (χ4v) is 3.19. The predicted octanol–water partition coefficient (Wildman–Crippen LogP) is 4.39. The highest BCUT2D eigenvalue weighted by Crippen LogP contribution is 2.27. The van der Waals surface area contributed by atoms with Crippen molar-refractivity contribution in [3.63, 3.8) is 0 Å². The summed E-state index contributed by atoms with van der Waals surface area (Å²) in [6.07, 6.45) is 0. The van der Waals surface area contributed by atoms with Crippen LogP contribution in [0.1, 0.15) is 15.2 Å². The first-order valence-corrected chi connectivity index (χ1v) is 7.70. The van der Waals surface area contributed by atoms with Gasteiger partial charge >= 0.3 is 5.97 Å². The van der Waals surface area contributed by atoms with Crippen molar-refractivity contribution in [2.24, 2.45) is 0 Å². The Morgan fingerprint density at radius 3 is 2.83 bits per heavy atom. The van der Waals surface area contributed by atoms with Crippen LogP contribution < -0.4 is 4.74 Å². The van der Waals surface area contributed by atoms with Gasteiger partial charge in [-0.15, -0.1) is 11.3 Å². The van der Waals surface area contributed by atoms with Crippen molar-refractivity contribution in [1.29, 1.82) is 0 Å². The number of hydrogen-bond donors (Lipinski definition) is 1. The molecule has 0 atom stereocenters. The zero-order valence-electron chi connectivity index (χ0n) is 9.02. The third-order valence-electron chi connectivity index (χ3n) is 2.23. The maximum Gasteiger partial charge on any atom is 0.335 e. The van der Waals surface area contributed by atoms with Gasteiger partial charge in [0.25, 0.3) is 0 Å². The maximum absolute atomic E-state index is 10.9. The summed E-state index contributed by atoms with van der Waals surface area (Å²) in [5.41, 5.74) is 0.232. The number of hydrogen-bond acceptors (Lipinski definition) is 3. The van der Waals surface area contributed by atoms with Gasteiger partial charge < -0.3 is 9.84 Å². The minimum absolute atomic E-state index is 0.232. The first kappa shape index (κ1) is 13.8. The highest BCUT2D eigenvalue weighted by atomic mass is 127. The van der Waals surface area contributed by atoms with E-state index in [-0.39, 0.29) is 5.56 Å². The van der Waals surface area contributed by atoms with Crippen molar-refractivity contribution < 1.29 is 14.6 Å². The molecule has 0 spiro atoms. The van der Waals surface area contributed by atoms with Crippen molar-refractivity contribution in [1.82, 2.24) is 0 Å². The Hall–Kier alpha value is -0.600. The lowest BCUT2D eigenvalue weighted by atomic mass is 10.2. The molecule has 1 heterocycles. The van der Waals surface area contributed by atoms with Crippen LogP contribution in [-0.2, 0) is 6.61 Å². The first-order chi connectivity index (χ1) is 8.58. The van der Waals surface area contributed by atoms with Crippen molar-refractivity contribution in [2.45, 2.75) is 6.61 Å². The highest BCUT2D eigenvalue weighted by Gasteiger charge is 2.09. The zero-order valence-corrected chi connectivity index (χ0v) is 13.6. The van der Waals surface area contributed by atoms with E-state index in [2.05, 4.69) is 38.5 Å². The van der Waals surface area contributed by atoms with Crippen molar-refractivity contribution >= 4 is 55.8 Å². The SMILES string of the molecule is O=C(O)c1ccc(I)c(OCc2sccc2Br)c1. The molecule has 0 fully saturated rings. The number of thiophene rings is 1. The van der Waals surface area contributed by atoms with E-state index in [4.69, 9.17) is 9.84 Å². The lowest BCUT2D eigenvalue weighted by Gasteiger charge is -2.08. The van der Waals surface area contributed by atoms with Crippen LogP contribution in [-0.4, -0.2) is 11.1 Å². The van der Waals surface area contributed by atoms with Crippen LogP contribution in [0, 0.1) is 3.57 Å². The van der Waals surface area contributed by atoms with Gasteiger partial charge in [0.2, 0.25) is 0 Å². The quantitative estimate of drug-likeness (QED) is 0.720. The fourth-order valence-electron chi connectivity index (χ4n) is 1.32. The van der Waals surface area contributed by atoms with Gasteiger partial charge in [-0.3, -0.25) is 0 Å². The van der Waals surface area contributed by atoms with Gasteiger partial charge in [0.05, 0.1) is 14.0 Å². The van der Waals surface area contributed by atoms with Crippen LogP contribution in [0.25, 0.3) is 0 Å². The fraction of sp³-hybridized carbons (Fsp3) is 0.0833. The van der Waals surface area contributed by atoms with E-state index in [0.29, 0.717) is 12.4 Å². The normalized spacial score (nSPS) is 10.3. The second-order valence-electron chi connectivity index (χ2n) is 3.43. The number of carboxylic acids is 1. The van der Waals surface area contributed by atoms with Crippen molar-refractivity contribution in [2.75, 3.05) is 0 Å². The van der Waals surface area contributed by atoms with Gasteiger partial charge in [-0.25, -0.2) is 4.79 Å². The van der Waals surface area contributed by atoms with Gasteiger partial charge in [0.1, 0.15) is 12.4 Å². The van der Waals surface area contributed by atoms with Gasteiger partial charge in [-0.2, -0.15) is 0 Å². The second kappa shape index (κ2) is 6.03. The largest absolute Gasteiger partial charge is 0.487 e. The number of carbonyl (C=O) groups is 1. The van der Waals surface area contributed by atoms with Gasteiger partial charge in [-0.05, 0) is 68.2 Å². The van der Waals surface area contributed by atoms with Crippen molar-refractivity contribution in [3.05, 3.63) is 48.1 Å². The molecule has 0 amide bonds. The van der Waals surface area contributed by atoms with Crippen LogP contribution in [0.3, 0.4) is 0 Å². The summed E-state index contributed by atoms with van der Waals surface area (Å²) >= 11 is 7.15. The van der Waals surface area contributed by atoms with E-state index in [1.807, 2.05) is 11.4 Å². The Bertz CT molecular complexity index is 582. The van der Waals surface area contributed by atoms with E-state index >= 15 is 0 Å². The molecule has 0 saturated carbocycles. The molecule has 2 aromatic rings. The van der Waals surface area contributed by atoms with E-state index in [0.717, 1.165) is 12.9 Å². The predicted molar refractivity (Wildman–Crippen MR) is 82.5 cm³/mol. The smallest absolute Gasteiger partial charge is 0.335 e. The average molecular weight is 439 g/mol. The van der Waals surface area contributed by atoms with Gasteiger partial charge in [0, 0.05) is 4.47 Å². The summed E-state index contributed by atoms with van der Waals surface area (Å²) in [5.74, 6) is -0.357. The Morgan fingerprint density at radius 2 is 2.22 bits per heavy atom. The monoisotopic (exact) mass is 438 g/mol. The van der Waals surface area contributed by atoms with E-state index in [1.165, 1.54) is 0 Å². The number of carboxylic acid groups (broad SMARTS) is 1. The standard InChI is InChI=1S/C12H8BrIO3S/c13-8-3-4-18-11(8)6-17-10-5-7(12(15)16)1-2-9(10)14/h1-5H,6H2,(H,15,16). The Kier molecular flexibility index (Phi) is 4.63. The molecule has 2 rings (SSSR count). The summed E-state index contributed by atoms with van der Waals surface area (Å²) < 4.78 is 7.57. The molecule has 0 unspecified atom stereocenters. The first-order valence-electron chi connectivity index (χ1n) is 4.95. The minimum atomic E-state index is -0.950. The Morgan fingerprint density at radius 1 is 1.44 bits per heavy atom. The minimum Gasteiger partial charge on any atom is -0.487 e. The van der Waals surface area contributed by atoms with Crippen LogP contribution in [0.15, 0.2) is 34.1 Å². The van der Waals surface area contributed by atoms with Crippen LogP contribution >= 0.6 is 49.9 Å². The molecule has 6 heteroatoms. The molecule has 0 saturated heterocycles. The molecule has 0 aliphatic heterocycles. The molecule has 0 aliphatic rings. The molecule has 3 nitrogen and oxygen atoms in total. The Labute approximate surface area is 130 Å². The number of aromatic carboxylic acids is 1. The Balaban J connectivity index is 2.16. The number of benzene rings is 1. The van der Waals surface area contributed by atoms with Crippen LogP contribution in [0.2, 0.25) is 0 Å². The van der Waals surface area contributed by atoms with Crippen molar-refractivity contribution in [3.8, 4) is 5.75 Å². The second-order valence-corrected chi connectivity index (χ2v) is 6.45. The third-order valence-corrected chi connectivity index (χ3v) is 5.02. The molecule has 1 aromatic carbocycles. The van der Waals surface area contributed by atoms with Gasteiger partial charge in [-0.1, -0.05) is 0 Å². The summed E-state index contributed by atoms with van der Waals surface area (Å²) in [7, 11) is 0. The average Bonchev–Trinajstić information content (AvgIpc) is 2.73. The molecule has 0 aliphatic carbocycles. The maximum atomic E-state index is 10.9. The summed E-state index contributed by atoms with van der Waals surface area (Å²) in [4.78, 5) is 12.0. The van der Waals surface area contributed by atoms with Gasteiger partial charge in [0.15, 0.2) is 0 Å². The number of halogens is 2. The summed E-state index contributed by atoms with van der Waals surface area (Å²) in [6.45, 7) is 0.428. The van der Waals surface area contributed by atoms with E-state index < -0.39 is 5.97 Å². The number of rotatable bonds is 4. The summed E-state index contributed by atoms with van der Waals surface area (Å²) in [6, 6.07) is 6.81. The third kappa shape index (κ3) is 3.24. The molecule has 1 aromatic heterocycles. The summed E-state index contributed by atoms with van der Waals surface area (Å²) in [5, 5.41) is 10.9. The number of ether oxygens (including phenoxy) is 1. The lowest BCUT2D eigenvalue weighted by Crippen LogP contribution is -2.00. The molecule has 94 valence electrons. The molecule has 0 bridgehead atoms. The zero-order chi connectivity index (χ0) is 13.1. The highest BCUT2D eigenvalue weighted by molar-refractivity contribution is 14.1. The van der Waals surface area contributed by atoms with E-state index in [9.17, 15) is 4.79 Å². The molecule has 0 radical (unpaired) electrons.